The van der Waals surface area contributed by atoms with Crippen molar-refractivity contribution in [1.29, 1.82) is 0 Å². The second kappa shape index (κ2) is 3.44. The largest absolute Gasteiger partial charge is 0.240 e. The fraction of sp³-hybridized carbons (Fsp3) is 0.0714. The summed E-state index contributed by atoms with van der Waals surface area (Å²) in [6, 6.07) is 12.3. The lowest BCUT2D eigenvalue weighted by Crippen LogP contribution is -1.96. The summed E-state index contributed by atoms with van der Waals surface area (Å²) in [5, 5.41) is 2.41. The Kier molecular flexibility index (Phi) is 1.95. The lowest BCUT2D eigenvalue weighted by Gasteiger charge is -2.14. The lowest BCUT2D eigenvalue weighted by atomic mass is 9.91. The molecule has 0 unspecified atom stereocenters. The Bertz CT molecular complexity index is 644. The normalized spacial score (nSPS) is 13.1. The topological polar surface area (TPSA) is 29.4 Å². The second-order valence-corrected chi connectivity index (χ2v) is 3.82. The van der Waals surface area contributed by atoms with Gasteiger partial charge in [-0.15, -0.1) is 0 Å². The van der Waals surface area contributed by atoms with Crippen molar-refractivity contribution in [2.45, 2.75) is 6.42 Å². The predicted molar refractivity (Wildman–Crippen MR) is 63.8 cm³/mol. The molecule has 0 N–H and O–H groups in total. The molecule has 0 saturated heterocycles. The molecule has 1 aliphatic carbocycles. The van der Waals surface area contributed by atoms with Crippen LogP contribution >= 0.6 is 0 Å². The van der Waals surface area contributed by atoms with E-state index in [1.807, 2.05) is 18.2 Å². The molecule has 2 nitrogen and oxygen atoms in total. The van der Waals surface area contributed by atoms with E-state index in [2.05, 4.69) is 29.3 Å². The van der Waals surface area contributed by atoms with Gasteiger partial charge in [0, 0.05) is 5.56 Å². The molecule has 0 saturated carbocycles. The zero-order chi connectivity index (χ0) is 11.0. The smallest absolute Gasteiger partial charge is 0.211 e. The van der Waals surface area contributed by atoms with Gasteiger partial charge in [0.1, 0.15) is 0 Å². The summed E-state index contributed by atoms with van der Waals surface area (Å²) in [5.74, 6) is 0. The molecule has 0 amide bonds. The molecule has 0 spiro atoms. The van der Waals surface area contributed by atoms with Gasteiger partial charge in [-0.1, -0.05) is 42.5 Å². The molecule has 76 valence electrons. The number of benzene rings is 2. The van der Waals surface area contributed by atoms with E-state index in [1.54, 1.807) is 6.08 Å². The molecule has 0 aliphatic heterocycles. The van der Waals surface area contributed by atoms with E-state index in [9.17, 15) is 4.79 Å². The van der Waals surface area contributed by atoms with E-state index >= 15 is 0 Å². The van der Waals surface area contributed by atoms with Crippen LogP contribution in [-0.2, 0) is 11.2 Å². The minimum absolute atomic E-state index is 0.735. The van der Waals surface area contributed by atoms with Gasteiger partial charge in [-0.3, -0.25) is 0 Å². The molecular formula is C14H9NO. The highest BCUT2D eigenvalue weighted by Gasteiger charge is 2.13. The van der Waals surface area contributed by atoms with Gasteiger partial charge in [-0.2, -0.15) is 4.99 Å². The predicted octanol–water partition coefficient (Wildman–Crippen LogP) is 3.07. The molecular weight excluding hydrogens is 198 g/mol. The maximum atomic E-state index is 10.4. The molecule has 0 fully saturated rings. The fourth-order valence-corrected chi connectivity index (χ4v) is 2.27. The first kappa shape index (κ1) is 9.08. The van der Waals surface area contributed by atoms with Gasteiger partial charge >= 0.3 is 0 Å². The molecule has 16 heavy (non-hydrogen) atoms. The summed E-state index contributed by atoms with van der Waals surface area (Å²) in [4.78, 5) is 14.1. The van der Waals surface area contributed by atoms with Gasteiger partial charge < -0.3 is 0 Å². The van der Waals surface area contributed by atoms with Crippen LogP contribution in [0.5, 0.6) is 0 Å². The molecule has 0 heterocycles. The highest BCUT2D eigenvalue weighted by molar-refractivity contribution is 5.98. The first-order valence-electron chi connectivity index (χ1n) is 5.19. The molecule has 0 atom stereocenters. The van der Waals surface area contributed by atoms with Crippen LogP contribution in [-0.4, -0.2) is 6.08 Å². The highest BCUT2D eigenvalue weighted by atomic mass is 16.1. The van der Waals surface area contributed by atoms with Crippen LogP contribution in [0.3, 0.4) is 0 Å². The third-order valence-electron chi connectivity index (χ3n) is 2.95. The van der Waals surface area contributed by atoms with Crippen LogP contribution in [0, 0.1) is 0 Å². The van der Waals surface area contributed by atoms with Gasteiger partial charge in [0.15, 0.2) is 0 Å². The van der Waals surface area contributed by atoms with Crippen LogP contribution in [0.15, 0.2) is 47.5 Å². The monoisotopic (exact) mass is 207 g/mol. The van der Waals surface area contributed by atoms with E-state index in [1.165, 1.54) is 16.3 Å². The van der Waals surface area contributed by atoms with E-state index < -0.39 is 0 Å². The van der Waals surface area contributed by atoms with Crippen molar-refractivity contribution >= 4 is 22.5 Å². The Morgan fingerprint density at radius 1 is 1.12 bits per heavy atom. The van der Waals surface area contributed by atoms with Crippen molar-refractivity contribution in [3.05, 3.63) is 53.6 Å². The van der Waals surface area contributed by atoms with E-state index in [4.69, 9.17) is 0 Å². The number of allylic oxidation sites excluding steroid dienone is 1. The molecule has 2 aromatic carbocycles. The number of isocyanates is 1. The summed E-state index contributed by atoms with van der Waals surface area (Å²) in [6.07, 6.45) is 4.42. The van der Waals surface area contributed by atoms with Crippen molar-refractivity contribution in [2.24, 2.45) is 4.99 Å². The number of hydrogen-bond donors (Lipinski definition) is 0. The SMILES string of the molecule is O=C=NC1=CCc2cccc3cccc1c23. The number of carbonyl (C=O) groups excluding carboxylic acids is 1. The van der Waals surface area contributed by atoms with Crippen molar-refractivity contribution < 1.29 is 4.79 Å². The van der Waals surface area contributed by atoms with Crippen LogP contribution in [0.1, 0.15) is 11.1 Å². The average Bonchev–Trinajstić information content (AvgIpc) is 2.33. The standard InChI is InChI=1S/C14H9NO/c16-9-15-13-8-7-11-4-1-3-10-5-2-6-12(13)14(10)11/h1-6,8H,7H2. The summed E-state index contributed by atoms with van der Waals surface area (Å²) < 4.78 is 0. The van der Waals surface area contributed by atoms with Gasteiger partial charge in [-0.05, 0) is 22.8 Å². The number of rotatable bonds is 1. The third-order valence-corrected chi connectivity index (χ3v) is 2.95. The number of nitrogens with zero attached hydrogens (tertiary/aromatic N) is 1. The Morgan fingerprint density at radius 2 is 1.94 bits per heavy atom. The minimum Gasteiger partial charge on any atom is -0.211 e. The van der Waals surface area contributed by atoms with Crippen LogP contribution in [0.2, 0.25) is 0 Å². The highest BCUT2D eigenvalue weighted by Crippen LogP contribution is 2.33. The first-order chi connectivity index (χ1) is 7.90. The van der Waals surface area contributed by atoms with Crippen LogP contribution in [0.4, 0.5) is 0 Å². The molecule has 0 bridgehead atoms. The lowest BCUT2D eigenvalue weighted by molar-refractivity contribution is 0.565. The quantitative estimate of drug-likeness (QED) is 0.522. The summed E-state index contributed by atoms with van der Waals surface area (Å²) >= 11 is 0. The molecule has 2 heteroatoms. The van der Waals surface area contributed by atoms with Gasteiger partial charge in [0.2, 0.25) is 6.08 Å². The maximum absolute atomic E-state index is 10.4. The number of hydrogen-bond acceptors (Lipinski definition) is 2. The van der Waals surface area contributed by atoms with Gasteiger partial charge in [0.05, 0.1) is 5.70 Å². The fourth-order valence-electron chi connectivity index (χ4n) is 2.27. The summed E-state index contributed by atoms with van der Waals surface area (Å²) in [7, 11) is 0. The zero-order valence-corrected chi connectivity index (χ0v) is 8.60. The van der Waals surface area contributed by atoms with Crippen LogP contribution < -0.4 is 0 Å². The van der Waals surface area contributed by atoms with Crippen molar-refractivity contribution in [3.8, 4) is 0 Å². The number of aliphatic imine (C=N–C) groups is 1. The Balaban J connectivity index is 2.41. The minimum atomic E-state index is 0.735. The van der Waals surface area contributed by atoms with E-state index in [0.717, 1.165) is 17.7 Å². The average molecular weight is 207 g/mol. The van der Waals surface area contributed by atoms with E-state index in [-0.39, 0.29) is 0 Å². The van der Waals surface area contributed by atoms with Gasteiger partial charge in [0.25, 0.3) is 0 Å². The molecule has 0 aromatic heterocycles. The maximum Gasteiger partial charge on any atom is 0.240 e. The summed E-state index contributed by atoms with van der Waals surface area (Å²) in [6.45, 7) is 0. The summed E-state index contributed by atoms with van der Waals surface area (Å²) in [5.41, 5.74) is 3.06. The molecule has 3 rings (SSSR count). The van der Waals surface area contributed by atoms with Crippen molar-refractivity contribution in [1.82, 2.24) is 0 Å². The molecule has 2 aromatic rings. The van der Waals surface area contributed by atoms with Gasteiger partial charge in [-0.25, -0.2) is 4.79 Å². The van der Waals surface area contributed by atoms with Crippen molar-refractivity contribution in [2.75, 3.05) is 0 Å². The molecule has 1 aliphatic rings. The second-order valence-electron chi connectivity index (χ2n) is 3.82. The third kappa shape index (κ3) is 1.21. The zero-order valence-electron chi connectivity index (χ0n) is 8.60. The molecule has 0 radical (unpaired) electrons. The van der Waals surface area contributed by atoms with Crippen LogP contribution in [0.25, 0.3) is 16.5 Å². The Morgan fingerprint density at radius 3 is 2.75 bits per heavy atom. The van der Waals surface area contributed by atoms with Crippen molar-refractivity contribution in [3.63, 3.8) is 0 Å². The van der Waals surface area contributed by atoms with E-state index in [0.29, 0.717) is 0 Å². The Labute approximate surface area is 92.9 Å². The first-order valence-corrected chi connectivity index (χ1v) is 5.19. The Hall–Kier alpha value is -2.18.